The van der Waals surface area contributed by atoms with Gasteiger partial charge >= 0.3 is 11.9 Å². The first-order chi connectivity index (χ1) is 15.0. The van der Waals surface area contributed by atoms with Crippen molar-refractivity contribution < 1.29 is 19.1 Å². The molecule has 0 aromatic heterocycles. The van der Waals surface area contributed by atoms with Crippen LogP contribution in [0.15, 0.2) is 0 Å². The van der Waals surface area contributed by atoms with Crippen molar-refractivity contribution in [2.75, 3.05) is 13.2 Å². The van der Waals surface area contributed by atoms with E-state index in [1.807, 2.05) is 0 Å². The Hall–Kier alpha value is -1.06. The summed E-state index contributed by atoms with van der Waals surface area (Å²) in [6.45, 7) is 14.7. The van der Waals surface area contributed by atoms with E-state index in [0.717, 1.165) is 51.4 Å². The van der Waals surface area contributed by atoms with E-state index in [1.54, 1.807) is 0 Å². The molecule has 0 bridgehead atoms. The van der Waals surface area contributed by atoms with Crippen LogP contribution in [-0.2, 0) is 19.1 Å². The van der Waals surface area contributed by atoms with Crippen LogP contribution in [0.2, 0.25) is 0 Å². The van der Waals surface area contributed by atoms with Crippen molar-refractivity contribution in [1.29, 1.82) is 0 Å². The molecule has 0 aromatic rings. The van der Waals surface area contributed by atoms with Gasteiger partial charge in [-0.3, -0.25) is 9.59 Å². The molecule has 1 fully saturated rings. The van der Waals surface area contributed by atoms with E-state index in [0.29, 0.717) is 24.0 Å². The number of hydrogen-bond donors (Lipinski definition) is 0. The summed E-state index contributed by atoms with van der Waals surface area (Å²) in [5.41, 5.74) is 0.813. The molecule has 1 rings (SSSR count). The van der Waals surface area contributed by atoms with Crippen molar-refractivity contribution in [3.05, 3.63) is 0 Å². The molecule has 0 aromatic carbocycles. The quantitative estimate of drug-likeness (QED) is 0.199. The number of rotatable bonds is 14. The summed E-state index contributed by atoms with van der Waals surface area (Å²) in [7, 11) is 0. The highest BCUT2D eigenvalue weighted by atomic mass is 16.5. The predicted molar refractivity (Wildman–Crippen MR) is 132 cm³/mol. The van der Waals surface area contributed by atoms with E-state index in [9.17, 15) is 9.59 Å². The molecule has 0 unspecified atom stereocenters. The Labute approximate surface area is 198 Å². The highest BCUT2D eigenvalue weighted by Crippen LogP contribution is 2.31. The van der Waals surface area contributed by atoms with Gasteiger partial charge in [0, 0.05) is 0 Å². The molecule has 4 heteroatoms. The number of ether oxygens (including phenoxy) is 2. The van der Waals surface area contributed by atoms with Crippen molar-refractivity contribution in [1.82, 2.24) is 0 Å². The van der Waals surface area contributed by atoms with Gasteiger partial charge in [0.15, 0.2) is 0 Å². The van der Waals surface area contributed by atoms with Crippen molar-refractivity contribution >= 4 is 11.9 Å². The van der Waals surface area contributed by atoms with E-state index in [4.69, 9.17) is 9.47 Å². The Bertz CT molecular complexity index is 471. The van der Waals surface area contributed by atoms with Gasteiger partial charge in [0.1, 0.15) is 0 Å². The summed E-state index contributed by atoms with van der Waals surface area (Å²) in [4.78, 5) is 24.6. The zero-order valence-corrected chi connectivity index (χ0v) is 22.1. The maximum atomic E-state index is 12.3. The van der Waals surface area contributed by atoms with Gasteiger partial charge in [0.05, 0.1) is 25.0 Å². The normalized spacial score (nSPS) is 19.6. The van der Waals surface area contributed by atoms with E-state index in [1.165, 1.54) is 38.5 Å². The second kappa shape index (κ2) is 15.0. The molecule has 0 saturated heterocycles. The first-order valence-corrected chi connectivity index (χ1v) is 13.3. The topological polar surface area (TPSA) is 52.6 Å². The van der Waals surface area contributed by atoms with Crippen LogP contribution >= 0.6 is 0 Å². The fourth-order valence-electron chi connectivity index (χ4n) is 4.37. The lowest BCUT2D eigenvalue weighted by molar-refractivity contribution is -0.155. The molecule has 32 heavy (non-hydrogen) atoms. The Balaban J connectivity index is 2.04. The summed E-state index contributed by atoms with van der Waals surface area (Å²) in [6, 6.07) is 0. The molecule has 4 nitrogen and oxygen atoms in total. The Kier molecular flexibility index (Phi) is 13.5. The summed E-state index contributed by atoms with van der Waals surface area (Å²) in [5, 5.41) is 0. The van der Waals surface area contributed by atoms with Crippen LogP contribution in [-0.4, -0.2) is 25.2 Å². The van der Waals surface area contributed by atoms with Gasteiger partial charge in [-0.25, -0.2) is 0 Å². The summed E-state index contributed by atoms with van der Waals surface area (Å²) in [5.74, 6) is -0.214. The minimum atomic E-state index is -0.0678. The van der Waals surface area contributed by atoms with Crippen LogP contribution in [0.4, 0.5) is 0 Å². The Morgan fingerprint density at radius 3 is 1.19 bits per heavy atom. The van der Waals surface area contributed by atoms with Gasteiger partial charge in [0.2, 0.25) is 0 Å². The largest absolute Gasteiger partial charge is 0.465 e. The van der Waals surface area contributed by atoms with Crippen LogP contribution in [0.25, 0.3) is 0 Å². The van der Waals surface area contributed by atoms with Gasteiger partial charge in [0.25, 0.3) is 0 Å². The first-order valence-electron chi connectivity index (χ1n) is 13.3. The Morgan fingerprint density at radius 2 is 0.875 bits per heavy atom. The molecule has 188 valence electrons. The van der Waals surface area contributed by atoms with Crippen LogP contribution < -0.4 is 0 Å². The third kappa shape index (κ3) is 14.9. The molecule has 0 spiro atoms. The second-order valence-electron chi connectivity index (χ2n) is 12.3. The maximum absolute atomic E-state index is 12.3. The van der Waals surface area contributed by atoms with E-state index < -0.39 is 0 Å². The lowest BCUT2D eigenvalue weighted by atomic mass is 9.82. The SMILES string of the molecule is CC(C)(C)CCCCCCOC(=O)C1CCC(C(=O)OCCCCCCC(C)(C)C)CC1. The van der Waals surface area contributed by atoms with Gasteiger partial charge in [-0.15, -0.1) is 0 Å². The molecule has 0 atom stereocenters. The summed E-state index contributed by atoms with van der Waals surface area (Å²) in [6.07, 6.45) is 14.5. The van der Waals surface area contributed by atoms with Crippen LogP contribution in [0.5, 0.6) is 0 Å². The summed E-state index contributed by atoms with van der Waals surface area (Å²) >= 11 is 0. The fourth-order valence-corrected chi connectivity index (χ4v) is 4.37. The molecule has 0 heterocycles. The standard InChI is InChI=1S/C28H52O4/c1-27(2,3)19-11-7-9-13-21-31-25(29)23-15-17-24(18-16-23)26(30)32-22-14-10-8-12-20-28(4,5)6/h23-24H,7-22H2,1-6H3. The maximum Gasteiger partial charge on any atom is 0.308 e. The molecule has 0 aliphatic heterocycles. The van der Waals surface area contributed by atoms with Gasteiger partial charge in [-0.1, -0.05) is 80.1 Å². The van der Waals surface area contributed by atoms with Gasteiger partial charge < -0.3 is 9.47 Å². The zero-order chi connectivity index (χ0) is 24.0. The van der Waals surface area contributed by atoms with Crippen molar-refractivity contribution in [2.24, 2.45) is 22.7 Å². The zero-order valence-electron chi connectivity index (χ0n) is 22.1. The second-order valence-corrected chi connectivity index (χ2v) is 12.3. The lowest BCUT2D eigenvalue weighted by Gasteiger charge is -2.26. The smallest absolute Gasteiger partial charge is 0.308 e. The van der Waals surface area contributed by atoms with E-state index in [-0.39, 0.29) is 23.8 Å². The van der Waals surface area contributed by atoms with Crippen molar-refractivity contribution in [2.45, 2.75) is 131 Å². The third-order valence-electron chi connectivity index (χ3n) is 6.52. The average molecular weight is 453 g/mol. The number of carbonyl (C=O) groups is 2. The Morgan fingerprint density at radius 1 is 0.562 bits per heavy atom. The lowest BCUT2D eigenvalue weighted by Crippen LogP contribution is -2.28. The average Bonchev–Trinajstić information content (AvgIpc) is 2.70. The summed E-state index contributed by atoms with van der Waals surface area (Å²) < 4.78 is 11.0. The van der Waals surface area contributed by atoms with E-state index in [2.05, 4.69) is 41.5 Å². The van der Waals surface area contributed by atoms with Crippen molar-refractivity contribution in [3.8, 4) is 0 Å². The first kappa shape index (κ1) is 29.0. The van der Waals surface area contributed by atoms with Crippen LogP contribution in [0.1, 0.15) is 131 Å². The molecular weight excluding hydrogens is 400 g/mol. The molecule has 1 aliphatic rings. The number of esters is 2. The molecule has 0 N–H and O–H groups in total. The number of unbranched alkanes of at least 4 members (excludes halogenated alkanes) is 6. The minimum Gasteiger partial charge on any atom is -0.465 e. The highest BCUT2D eigenvalue weighted by molar-refractivity contribution is 5.75. The van der Waals surface area contributed by atoms with Gasteiger partial charge in [-0.2, -0.15) is 0 Å². The van der Waals surface area contributed by atoms with Crippen LogP contribution in [0, 0.1) is 22.7 Å². The molecule has 0 amide bonds. The minimum absolute atomic E-state index is 0.0391. The molecule has 1 saturated carbocycles. The molecule has 0 radical (unpaired) electrons. The monoisotopic (exact) mass is 452 g/mol. The molecular formula is C28H52O4. The third-order valence-corrected chi connectivity index (χ3v) is 6.52. The van der Waals surface area contributed by atoms with E-state index >= 15 is 0 Å². The molecule has 1 aliphatic carbocycles. The fraction of sp³-hybridized carbons (Fsp3) is 0.929. The number of hydrogen-bond acceptors (Lipinski definition) is 4. The highest BCUT2D eigenvalue weighted by Gasteiger charge is 2.31. The van der Waals surface area contributed by atoms with Gasteiger partial charge in [-0.05, 0) is 62.2 Å². The van der Waals surface area contributed by atoms with Crippen molar-refractivity contribution in [3.63, 3.8) is 0 Å². The number of carbonyl (C=O) groups excluding carboxylic acids is 2. The van der Waals surface area contributed by atoms with Crippen LogP contribution in [0.3, 0.4) is 0 Å². The predicted octanol–water partition coefficient (Wildman–Crippen LogP) is 7.87.